The highest BCUT2D eigenvalue weighted by Crippen LogP contribution is 2.19. The molecule has 3 rings (SSSR count). The van der Waals surface area contributed by atoms with Crippen molar-refractivity contribution in [3.8, 4) is 0 Å². The molecular formula is C10H16N6OS. The van der Waals surface area contributed by atoms with Crippen LogP contribution in [0.1, 0.15) is 5.01 Å². The van der Waals surface area contributed by atoms with Crippen LogP contribution in [-0.4, -0.2) is 65.3 Å². The maximum atomic E-state index is 11.5. The molecule has 0 radical (unpaired) electrons. The summed E-state index contributed by atoms with van der Waals surface area (Å²) in [5, 5.41) is 15.9. The number of urea groups is 1. The third-order valence-electron chi connectivity index (χ3n) is 3.36. The Labute approximate surface area is 109 Å². The van der Waals surface area contributed by atoms with Gasteiger partial charge in [0.05, 0.1) is 12.6 Å². The van der Waals surface area contributed by atoms with Crippen LogP contribution in [0.2, 0.25) is 0 Å². The van der Waals surface area contributed by atoms with Crippen LogP contribution in [0.5, 0.6) is 0 Å². The van der Waals surface area contributed by atoms with Gasteiger partial charge in [0, 0.05) is 33.2 Å². The Balaban J connectivity index is 1.60. The minimum atomic E-state index is 0.0769. The molecule has 3 heterocycles. The summed E-state index contributed by atoms with van der Waals surface area (Å²) in [6.45, 7) is 4.19. The lowest BCUT2D eigenvalue weighted by Crippen LogP contribution is -2.51. The van der Waals surface area contributed by atoms with E-state index in [1.54, 1.807) is 11.3 Å². The van der Waals surface area contributed by atoms with E-state index in [1.807, 2.05) is 11.9 Å². The molecule has 98 valence electrons. The second kappa shape index (κ2) is 4.69. The highest BCUT2D eigenvalue weighted by Gasteiger charge is 2.35. The Morgan fingerprint density at radius 1 is 1.50 bits per heavy atom. The first kappa shape index (κ1) is 11.7. The number of nitrogens with zero attached hydrogens (tertiary/aromatic N) is 4. The van der Waals surface area contributed by atoms with Crippen LogP contribution in [0.15, 0.2) is 0 Å². The van der Waals surface area contributed by atoms with E-state index in [0.717, 1.165) is 42.9 Å². The van der Waals surface area contributed by atoms with Gasteiger partial charge >= 0.3 is 6.03 Å². The van der Waals surface area contributed by atoms with Crippen LogP contribution in [-0.2, 0) is 6.54 Å². The van der Waals surface area contributed by atoms with E-state index in [0.29, 0.717) is 6.04 Å². The molecule has 7 nitrogen and oxygen atoms in total. The zero-order valence-corrected chi connectivity index (χ0v) is 11.0. The van der Waals surface area contributed by atoms with Crippen molar-refractivity contribution >= 4 is 22.5 Å². The number of aromatic nitrogens is 2. The summed E-state index contributed by atoms with van der Waals surface area (Å²) < 4.78 is 0. The van der Waals surface area contributed by atoms with E-state index < -0.39 is 0 Å². The molecule has 2 fully saturated rings. The summed E-state index contributed by atoms with van der Waals surface area (Å²) in [5.74, 6) is 0. The van der Waals surface area contributed by atoms with E-state index in [1.165, 1.54) is 0 Å². The van der Waals surface area contributed by atoms with Crippen LogP contribution in [0.3, 0.4) is 0 Å². The fourth-order valence-electron chi connectivity index (χ4n) is 2.42. The lowest BCUT2D eigenvalue weighted by Gasteiger charge is -2.35. The summed E-state index contributed by atoms with van der Waals surface area (Å²) >= 11 is 1.58. The molecule has 18 heavy (non-hydrogen) atoms. The Bertz CT molecular complexity index is 449. The van der Waals surface area contributed by atoms with Gasteiger partial charge < -0.3 is 15.5 Å². The zero-order valence-electron chi connectivity index (χ0n) is 10.2. The first-order valence-electron chi connectivity index (χ1n) is 6.03. The minimum absolute atomic E-state index is 0.0769. The average Bonchev–Trinajstić information content (AvgIpc) is 2.97. The van der Waals surface area contributed by atoms with Gasteiger partial charge in [0.1, 0.15) is 5.01 Å². The van der Waals surface area contributed by atoms with E-state index in [9.17, 15) is 4.79 Å². The molecule has 2 saturated heterocycles. The van der Waals surface area contributed by atoms with E-state index >= 15 is 0 Å². The maximum Gasteiger partial charge on any atom is 0.317 e. The molecule has 0 saturated carbocycles. The van der Waals surface area contributed by atoms with Crippen LogP contribution < -0.4 is 10.6 Å². The van der Waals surface area contributed by atoms with Gasteiger partial charge in [-0.25, -0.2) is 4.79 Å². The van der Waals surface area contributed by atoms with Crippen molar-refractivity contribution < 1.29 is 4.79 Å². The Morgan fingerprint density at radius 2 is 2.39 bits per heavy atom. The van der Waals surface area contributed by atoms with Gasteiger partial charge in [-0.15, -0.1) is 10.2 Å². The summed E-state index contributed by atoms with van der Waals surface area (Å²) in [4.78, 5) is 15.7. The van der Waals surface area contributed by atoms with Crippen molar-refractivity contribution in [1.82, 2.24) is 25.3 Å². The number of hydrogen-bond acceptors (Lipinski definition) is 6. The molecule has 2 N–H and O–H groups in total. The van der Waals surface area contributed by atoms with Crippen molar-refractivity contribution in [2.75, 3.05) is 38.5 Å². The number of carbonyl (C=O) groups is 1. The van der Waals surface area contributed by atoms with Gasteiger partial charge in [0.2, 0.25) is 5.13 Å². The molecule has 2 aliphatic rings. The second-order valence-corrected chi connectivity index (χ2v) is 5.58. The monoisotopic (exact) mass is 268 g/mol. The highest BCUT2D eigenvalue weighted by molar-refractivity contribution is 7.15. The molecule has 0 aliphatic carbocycles. The van der Waals surface area contributed by atoms with Crippen molar-refractivity contribution in [3.05, 3.63) is 5.01 Å². The largest absolute Gasteiger partial charge is 0.363 e. The normalized spacial score (nSPS) is 23.9. The summed E-state index contributed by atoms with van der Waals surface area (Å²) in [7, 11) is 1.85. The van der Waals surface area contributed by atoms with E-state index in [-0.39, 0.29) is 6.03 Å². The SMILES string of the molecule is CNc1nnc(CN2CCN3C(=O)NCC3C2)s1. The van der Waals surface area contributed by atoms with Crippen molar-refractivity contribution in [2.24, 2.45) is 0 Å². The molecule has 2 amide bonds. The third kappa shape index (κ3) is 2.13. The lowest BCUT2D eigenvalue weighted by atomic mass is 10.2. The van der Waals surface area contributed by atoms with Crippen LogP contribution in [0.25, 0.3) is 0 Å². The number of nitrogens with one attached hydrogen (secondary N) is 2. The molecule has 0 bridgehead atoms. The molecule has 0 aromatic carbocycles. The first-order valence-corrected chi connectivity index (χ1v) is 6.85. The molecule has 1 unspecified atom stereocenters. The number of anilines is 1. The minimum Gasteiger partial charge on any atom is -0.363 e. The van der Waals surface area contributed by atoms with Crippen LogP contribution >= 0.6 is 11.3 Å². The van der Waals surface area contributed by atoms with Gasteiger partial charge in [-0.3, -0.25) is 4.90 Å². The van der Waals surface area contributed by atoms with Gasteiger partial charge in [0.15, 0.2) is 0 Å². The topological polar surface area (TPSA) is 73.4 Å². The average molecular weight is 268 g/mol. The number of carbonyl (C=O) groups excluding carboxylic acids is 1. The number of piperazine rings is 1. The zero-order chi connectivity index (χ0) is 12.5. The van der Waals surface area contributed by atoms with Crippen molar-refractivity contribution in [1.29, 1.82) is 0 Å². The molecular weight excluding hydrogens is 252 g/mol. The molecule has 1 aromatic rings. The Morgan fingerprint density at radius 3 is 3.17 bits per heavy atom. The van der Waals surface area contributed by atoms with Gasteiger partial charge in [0.25, 0.3) is 0 Å². The molecule has 0 spiro atoms. The molecule has 8 heteroatoms. The van der Waals surface area contributed by atoms with Gasteiger partial charge in [-0.05, 0) is 0 Å². The summed E-state index contributed by atoms with van der Waals surface area (Å²) in [5.41, 5.74) is 0. The molecule has 1 aromatic heterocycles. The van der Waals surface area contributed by atoms with Gasteiger partial charge in [-0.2, -0.15) is 0 Å². The predicted octanol–water partition coefficient (Wildman–Crippen LogP) is -0.211. The Hall–Kier alpha value is -1.41. The van der Waals surface area contributed by atoms with Crippen LogP contribution in [0, 0.1) is 0 Å². The molecule has 1 atom stereocenters. The first-order chi connectivity index (χ1) is 8.76. The lowest BCUT2D eigenvalue weighted by molar-refractivity contribution is 0.116. The van der Waals surface area contributed by atoms with E-state index in [4.69, 9.17) is 0 Å². The maximum absolute atomic E-state index is 11.5. The quantitative estimate of drug-likeness (QED) is 0.793. The number of rotatable bonds is 3. The van der Waals surface area contributed by atoms with Gasteiger partial charge in [-0.1, -0.05) is 11.3 Å². The second-order valence-electron chi connectivity index (χ2n) is 4.52. The fourth-order valence-corrected chi connectivity index (χ4v) is 3.16. The Kier molecular flexibility index (Phi) is 3.04. The van der Waals surface area contributed by atoms with Crippen LogP contribution in [0.4, 0.5) is 9.93 Å². The summed E-state index contributed by atoms with van der Waals surface area (Å²) in [6.07, 6.45) is 0. The third-order valence-corrected chi connectivity index (χ3v) is 4.28. The number of fused-ring (bicyclic) bond motifs is 1. The highest BCUT2D eigenvalue weighted by atomic mass is 32.1. The van der Waals surface area contributed by atoms with E-state index in [2.05, 4.69) is 25.7 Å². The van der Waals surface area contributed by atoms with Crippen molar-refractivity contribution in [2.45, 2.75) is 12.6 Å². The molecule has 2 aliphatic heterocycles. The predicted molar refractivity (Wildman–Crippen MR) is 68.6 cm³/mol. The fraction of sp³-hybridized carbons (Fsp3) is 0.700. The van der Waals surface area contributed by atoms with Crippen molar-refractivity contribution in [3.63, 3.8) is 0 Å². The number of amides is 2. The number of hydrogen-bond donors (Lipinski definition) is 2. The standard InChI is InChI=1S/C10H16N6OS/c1-11-9-14-13-8(18-9)6-15-2-3-16-7(5-15)4-12-10(16)17/h7H,2-6H2,1H3,(H,11,14)(H,12,17). The smallest absolute Gasteiger partial charge is 0.317 e. The summed E-state index contributed by atoms with van der Waals surface area (Å²) in [6, 6.07) is 0.385.